The first kappa shape index (κ1) is 11.4. The molecular weight excluding hydrogens is 218 g/mol. The number of halogens is 1. The first-order valence-corrected chi connectivity index (χ1v) is 4.52. The number of carbonyl (C=O) groups is 1. The molecule has 0 aliphatic carbocycles. The molecular formula is C10H8ClNO3. The van der Waals surface area contributed by atoms with E-state index in [-0.39, 0.29) is 28.5 Å². The number of rotatable bonds is 4. The van der Waals surface area contributed by atoms with Gasteiger partial charge in [-0.25, -0.2) is 0 Å². The summed E-state index contributed by atoms with van der Waals surface area (Å²) in [6, 6.07) is 3.77. The summed E-state index contributed by atoms with van der Waals surface area (Å²) in [5, 5.41) is 10.5. The molecule has 78 valence electrons. The van der Waals surface area contributed by atoms with Gasteiger partial charge in [-0.3, -0.25) is 14.9 Å². The Morgan fingerprint density at radius 1 is 1.60 bits per heavy atom. The van der Waals surface area contributed by atoms with Gasteiger partial charge in [-0.05, 0) is 6.07 Å². The molecule has 0 heterocycles. The van der Waals surface area contributed by atoms with Crippen molar-refractivity contribution in [2.45, 2.75) is 6.42 Å². The van der Waals surface area contributed by atoms with Crippen LogP contribution in [0.1, 0.15) is 16.8 Å². The number of allylic oxidation sites excluding steroid dienone is 1. The summed E-state index contributed by atoms with van der Waals surface area (Å²) in [6.45, 7) is 3.43. The van der Waals surface area contributed by atoms with E-state index in [0.29, 0.717) is 0 Å². The van der Waals surface area contributed by atoms with Crippen molar-refractivity contribution in [2.24, 2.45) is 0 Å². The average Bonchev–Trinajstić information content (AvgIpc) is 2.17. The van der Waals surface area contributed by atoms with Crippen molar-refractivity contribution in [1.29, 1.82) is 0 Å². The van der Waals surface area contributed by atoms with Crippen LogP contribution in [-0.2, 0) is 0 Å². The highest BCUT2D eigenvalue weighted by atomic mass is 35.5. The monoisotopic (exact) mass is 225 g/mol. The van der Waals surface area contributed by atoms with Crippen molar-refractivity contribution in [3.8, 4) is 0 Å². The summed E-state index contributed by atoms with van der Waals surface area (Å²) >= 11 is 5.74. The average molecular weight is 226 g/mol. The molecule has 1 aromatic rings. The summed E-state index contributed by atoms with van der Waals surface area (Å²) in [6.07, 6.45) is 1.62. The Kier molecular flexibility index (Phi) is 3.57. The molecule has 1 aromatic carbocycles. The van der Waals surface area contributed by atoms with E-state index in [1.807, 2.05) is 0 Å². The number of hydrogen-bond acceptors (Lipinski definition) is 3. The third-order valence-electron chi connectivity index (χ3n) is 1.79. The first-order valence-electron chi connectivity index (χ1n) is 4.14. The fraction of sp³-hybridized carbons (Fsp3) is 0.100. The Morgan fingerprint density at radius 3 is 2.73 bits per heavy atom. The number of carbonyl (C=O) groups excluding carboxylic acids is 1. The van der Waals surface area contributed by atoms with Crippen LogP contribution >= 0.6 is 11.6 Å². The number of non-ortho nitro benzene ring substituents is 1. The highest BCUT2D eigenvalue weighted by Crippen LogP contribution is 2.23. The van der Waals surface area contributed by atoms with Crippen LogP contribution in [0.5, 0.6) is 0 Å². The second kappa shape index (κ2) is 4.70. The fourth-order valence-electron chi connectivity index (χ4n) is 1.08. The molecule has 0 aromatic heterocycles. The van der Waals surface area contributed by atoms with Gasteiger partial charge in [-0.2, -0.15) is 0 Å². The fourth-order valence-corrected chi connectivity index (χ4v) is 1.36. The van der Waals surface area contributed by atoms with Crippen LogP contribution in [0.15, 0.2) is 30.9 Å². The van der Waals surface area contributed by atoms with Crippen LogP contribution in [0, 0.1) is 10.1 Å². The van der Waals surface area contributed by atoms with Crippen LogP contribution in [0.2, 0.25) is 5.02 Å². The number of nitro benzene ring substituents is 1. The Labute approximate surface area is 91.3 Å². The largest absolute Gasteiger partial charge is 0.294 e. The maximum Gasteiger partial charge on any atom is 0.270 e. The summed E-state index contributed by atoms with van der Waals surface area (Å²) in [5.41, 5.74) is 0.150. The van der Waals surface area contributed by atoms with E-state index in [1.54, 1.807) is 0 Å². The SMILES string of the molecule is C=CCC(=O)c1ccc([N+](=O)[O-])cc1Cl. The third kappa shape index (κ3) is 2.63. The maximum absolute atomic E-state index is 11.4. The molecule has 0 aliphatic rings. The smallest absolute Gasteiger partial charge is 0.270 e. The molecule has 4 nitrogen and oxygen atoms in total. The molecule has 0 amide bonds. The molecule has 5 heteroatoms. The van der Waals surface area contributed by atoms with E-state index < -0.39 is 4.92 Å². The van der Waals surface area contributed by atoms with Gasteiger partial charge in [0.25, 0.3) is 5.69 Å². The van der Waals surface area contributed by atoms with Gasteiger partial charge in [0.15, 0.2) is 5.78 Å². The first-order chi connectivity index (χ1) is 7.06. The van der Waals surface area contributed by atoms with Gasteiger partial charge in [0.1, 0.15) is 0 Å². The second-order valence-electron chi connectivity index (χ2n) is 2.84. The van der Waals surface area contributed by atoms with Crippen molar-refractivity contribution in [1.82, 2.24) is 0 Å². The normalized spacial score (nSPS) is 9.67. The zero-order valence-electron chi connectivity index (χ0n) is 7.77. The lowest BCUT2D eigenvalue weighted by Crippen LogP contribution is -1.99. The van der Waals surface area contributed by atoms with Gasteiger partial charge in [0.2, 0.25) is 0 Å². The van der Waals surface area contributed by atoms with Crippen molar-refractivity contribution < 1.29 is 9.72 Å². The Balaban J connectivity index is 3.08. The number of benzene rings is 1. The molecule has 0 bridgehead atoms. The van der Waals surface area contributed by atoms with Gasteiger partial charge in [0.05, 0.1) is 9.95 Å². The van der Waals surface area contributed by atoms with Crippen LogP contribution in [0.3, 0.4) is 0 Å². The molecule has 0 saturated heterocycles. The quantitative estimate of drug-likeness (QED) is 0.343. The van der Waals surface area contributed by atoms with Crippen molar-refractivity contribution in [3.63, 3.8) is 0 Å². The van der Waals surface area contributed by atoms with Crippen molar-refractivity contribution in [2.75, 3.05) is 0 Å². The number of Topliss-reactive ketones (excluding diaryl/α,β-unsaturated/α-hetero) is 1. The topological polar surface area (TPSA) is 60.2 Å². The Hall–Kier alpha value is -1.68. The Bertz CT molecular complexity index is 429. The highest BCUT2D eigenvalue weighted by molar-refractivity contribution is 6.34. The number of nitrogens with zero attached hydrogens (tertiary/aromatic N) is 1. The predicted molar refractivity (Wildman–Crippen MR) is 57.3 cm³/mol. The lowest BCUT2D eigenvalue weighted by molar-refractivity contribution is -0.384. The zero-order chi connectivity index (χ0) is 11.4. The van der Waals surface area contributed by atoms with Crippen LogP contribution in [0.25, 0.3) is 0 Å². The molecule has 0 N–H and O–H groups in total. The summed E-state index contributed by atoms with van der Waals surface area (Å²) in [4.78, 5) is 21.3. The molecule has 0 saturated carbocycles. The van der Waals surface area contributed by atoms with E-state index in [9.17, 15) is 14.9 Å². The van der Waals surface area contributed by atoms with Gasteiger partial charge >= 0.3 is 0 Å². The van der Waals surface area contributed by atoms with Crippen molar-refractivity contribution in [3.05, 3.63) is 51.6 Å². The summed E-state index contributed by atoms with van der Waals surface area (Å²) < 4.78 is 0. The van der Waals surface area contributed by atoms with Crippen molar-refractivity contribution >= 4 is 23.1 Å². The summed E-state index contributed by atoms with van der Waals surface area (Å²) in [5.74, 6) is -0.204. The molecule has 0 atom stereocenters. The lowest BCUT2D eigenvalue weighted by atomic mass is 10.1. The van der Waals surface area contributed by atoms with E-state index in [2.05, 4.69) is 6.58 Å². The number of hydrogen-bond donors (Lipinski definition) is 0. The lowest BCUT2D eigenvalue weighted by Gasteiger charge is -2.00. The minimum Gasteiger partial charge on any atom is -0.294 e. The second-order valence-corrected chi connectivity index (χ2v) is 3.24. The van der Waals surface area contributed by atoms with Gasteiger partial charge in [-0.15, -0.1) is 6.58 Å². The van der Waals surface area contributed by atoms with Crippen LogP contribution in [0.4, 0.5) is 5.69 Å². The van der Waals surface area contributed by atoms with Gasteiger partial charge < -0.3 is 0 Å². The van der Waals surface area contributed by atoms with E-state index in [1.165, 1.54) is 18.2 Å². The maximum atomic E-state index is 11.4. The van der Waals surface area contributed by atoms with Crippen LogP contribution < -0.4 is 0 Å². The Morgan fingerprint density at radius 2 is 2.27 bits per heavy atom. The van der Waals surface area contributed by atoms with Gasteiger partial charge in [-0.1, -0.05) is 17.7 Å². The zero-order valence-corrected chi connectivity index (χ0v) is 8.53. The molecule has 0 aliphatic heterocycles. The molecule has 0 unspecified atom stereocenters. The molecule has 1 rings (SSSR count). The molecule has 0 fully saturated rings. The molecule has 0 radical (unpaired) electrons. The number of nitro groups is 1. The van der Waals surface area contributed by atoms with E-state index in [0.717, 1.165) is 6.07 Å². The highest BCUT2D eigenvalue weighted by Gasteiger charge is 2.13. The third-order valence-corrected chi connectivity index (χ3v) is 2.11. The van der Waals surface area contributed by atoms with Gasteiger partial charge in [0, 0.05) is 24.1 Å². The standard InChI is InChI=1S/C10H8ClNO3/c1-2-3-10(13)8-5-4-7(12(14)15)6-9(8)11/h2,4-6H,1,3H2. The minimum atomic E-state index is -0.562. The summed E-state index contributed by atoms with van der Waals surface area (Å²) in [7, 11) is 0. The minimum absolute atomic E-state index is 0.0936. The van der Waals surface area contributed by atoms with E-state index >= 15 is 0 Å². The number of ketones is 1. The van der Waals surface area contributed by atoms with E-state index in [4.69, 9.17) is 11.6 Å². The van der Waals surface area contributed by atoms with Crippen LogP contribution in [-0.4, -0.2) is 10.7 Å². The predicted octanol–water partition coefficient (Wildman–Crippen LogP) is 3.01. The molecule has 0 spiro atoms. The molecule has 15 heavy (non-hydrogen) atoms.